The molecular weight excluding hydrogens is 298 g/mol. The number of unbranched alkanes of at least 4 members (excludes halogenated alkanes) is 7. The van der Waals surface area contributed by atoms with Crippen molar-refractivity contribution in [3.8, 4) is 0 Å². The summed E-state index contributed by atoms with van der Waals surface area (Å²) < 4.78 is 6.53. The first-order chi connectivity index (χ1) is 11.4. The van der Waals surface area contributed by atoms with Crippen LogP contribution in [0.25, 0.3) is 0 Å². The van der Waals surface area contributed by atoms with Crippen LogP contribution in [0, 0.1) is 0 Å². The molecule has 1 atom stereocenters. The molecule has 0 unspecified atom stereocenters. The van der Waals surface area contributed by atoms with Crippen LogP contribution in [0.3, 0.4) is 0 Å². The molecule has 0 heterocycles. The zero-order valence-electron chi connectivity index (χ0n) is 16.8. The average Bonchev–Trinajstić information content (AvgIpc) is 2.53. The number of ether oxygens (including phenoxy) is 1. The summed E-state index contributed by atoms with van der Waals surface area (Å²) in [6.07, 6.45) is 17.5. The second kappa shape index (κ2) is 11.9. The lowest BCUT2D eigenvalue weighted by Gasteiger charge is -2.34. The maximum absolute atomic E-state index is 12.7. The van der Waals surface area contributed by atoms with E-state index >= 15 is 0 Å². The molecule has 1 saturated carbocycles. The topological polar surface area (TPSA) is 26.3 Å². The third-order valence-corrected chi connectivity index (χ3v) is 5.37. The fraction of sp³-hybridized carbons (Fsp3) is 0.952. The second-order valence-corrected chi connectivity index (χ2v) is 8.59. The molecule has 142 valence electrons. The lowest BCUT2D eigenvalue weighted by Crippen LogP contribution is -2.51. The van der Waals surface area contributed by atoms with E-state index in [9.17, 15) is 4.79 Å². The van der Waals surface area contributed by atoms with Gasteiger partial charge in [0.2, 0.25) is 0 Å². The molecule has 0 aliphatic heterocycles. The van der Waals surface area contributed by atoms with Crippen molar-refractivity contribution in [1.29, 1.82) is 0 Å². The second-order valence-electron chi connectivity index (χ2n) is 8.59. The maximum Gasteiger partial charge on any atom is 0.365 e. The van der Waals surface area contributed by atoms with Gasteiger partial charge < -0.3 is 9.22 Å². The van der Waals surface area contributed by atoms with Crippen molar-refractivity contribution >= 4 is 5.97 Å². The Kier molecular flexibility index (Phi) is 10.6. The van der Waals surface area contributed by atoms with Gasteiger partial charge in [-0.1, -0.05) is 58.3 Å². The number of likely N-dealkylation sites (N-methyl/N-ethyl adjacent to an activating group) is 1. The molecule has 1 aliphatic carbocycles. The Hall–Kier alpha value is -0.570. The highest BCUT2D eigenvalue weighted by Gasteiger charge is 2.34. The van der Waals surface area contributed by atoms with E-state index in [0.29, 0.717) is 4.48 Å². The molecule has 0 N–H and O–H groups in total. The molecule has 0 amide bonds. The molecule has 0 aromatic carbocycles. The van der Waals surface area contributed by atoms with E-state index in [0.717, 1.165) is 25.7 Å². The van der Waals surface area contributed by atoms with E-state index in [1.54, 1.807) is 0 Å². The van der Waals surface area contributed by atoms with Gasteiger partial charge in [-0.2, -0.15) is 0 Å². The SMILES string of the molecule is CCCCCCCCCC[C@@H](C(=O)OC1CCCCC1)[N+](C)(C)C. The zero-order chi connectivity index (χ0) is 17.8. The van der Waals surface area contributed by atoms with Gasteiger partial charge >= 0.3 is 5.97 Å². The lowest BCUT2D eigenvalue weighted by atomic mass is 9.97. The number of carbonyl (C=O) groups excluding carboxylic acids is 1. The Morgan fingerprint density at radius 2 is 1.46 bits per heavy atom. The van der Waals surface area contributed by atoms with Crippen LogP contribution in [0.4, 0.5) is 0 Å². The van der Waals surface area contributed by atoms with Crippen molar-refractivity contribution < 1.29 is 14.0 Å². The molecule has 24 heavy (non-hydrogen) atoms. The van der Waals surface area contributed by atoms with Crippen LogP contribution in [0.1, 0.15) is 96.8 Å². The van der Waals surface area contributed by atoms with Crippen LogP contribution >= 0.6 is 0 Å². The maximum atomic E-state index is 12.7. The highest BCUT2D eigenvalue weighted by atomic mass is 16.5. The van der Waals surface area contributed by atoms with E-state index in [2.05, 4.69) is 28.1 Å². The number of hydrogen-bond donors (Lipinski definition) is 0. The first-order valence-electron chi connectivity index (χ1n) is 10.5. The minimum absolute atomic E-state index is 0.00739. The highest BCUT2D eigenvalue weighted by Crippen LogP contribution is 2.23. The minimum Gasteiger partial charge on any atom is -0.458 e. The van der Waals surface area contributed by atoms with Crippen LogP contribution in [0.2, 0.25) is 0 Å². The van der Waals surface area contributed by atoms with Crippen molar-refractivity contribution in [1.82, 2.24) is 0 Å². The Morgan fingerprint density at radius 1 is 0.917 bits per heavy atom. The summed E-state index contributed by atoms with van der Waals surface area (Å²) in [5.41, 5.74) is 0. The quantitative estimate of drug-likeness (QED) is 0.267. The van der Waals surface area contributed by atoms with E-state index in [1.807, 2.05) is 0 Å². The molecular formula is C21H42NO2+. The van der Waals surface area contributed by atoms with Gasteiger partial charge in [-0.15, -0.1) is 0 Å². The van der Waals surface area contributed by atoms with E-state index in [-0.39, 0.29) is 18.1 Å². The molecule has 0 aromatic heterocycles. The van der Waals surface area contributed by atoms with Crippen molar-refractivity contribution in [2.24, 2.45) is 0 Å². The molecule has 0 aromatic rings. The van der Waals surface area contributed by atoms with Crippen molar-refractivity contribution in [3.05, 3.63) is 0 Å². The normalized spacial score (nSPS) is 17.7. The smallest absolute Gasteiger partial charge is 0.365 e. The zero-order valence-corrected chi connectivity index (χ0v) is 16.8. The highest BCUT2D eigenvalue weighted by molar-refractivity contribution is 5.74. The van der Waals surface area contributed by atoms with Crippen LogP contribution in [0.15, 0.2) is 0 Å². The van der Waals surface area contributed by atoms with Gasteiger partial charge in [0, 0.05) is 6.42 Å². The first-order valence-corrected chi connectivity index (χ1v) is 10.5. The monoisotopic (exact) mass is 340 g/mol. The number of rotatable bonds is 12. The predicted molar refractivity (Wildman–Crippen MR) is 102 cm³/mol. The number of hydrogen-bond acceptors (Lipinski definition) is 2. The molecule has 3 nitrogen and oxygen atoms in total. The lowest BCUT2D eigenvalue weighted by molar-refractivity contribution is -0.887. The van der Waals surface area contributed by atoms with Gasteiger partial charge in [0.15, 0.2) is 6.04 Å². The molecule has 1 rings (SSSR count). The summed E-state index contributed by atoms with van der Waals surface area (Å²) in [4.78, 5) is 12.7. The van der Waals surface area contributed by atoms with Gasteiger partial charge in [0.25, 0.3) is 0 Å². The summed E-state index contributed by atoms with van der Waals surface area (Å²) in [6, 6.07) is -0.00739. The van der Waals surface area contributed by atoms with Crippen molar-refractivity contribution in [2.45, 2.75) is 109 Å². The number of quaternary nitrogens is 1. The summed E-state index contributed by atoms with van der Waals surface area (Å²) in [7, 11) is 6.37. The molecule has 1 fully saturated rings. The minimum atomic E-state index is -0.00739. The van der Waals surface area contributed by atoms with E-state index in [1.165, 1.54) is 64.2 Å². The molecule has 0 spiro atoms. The first kappa shape index (κ1) is 21.5. The van der Waals surface area contributed by atoms with E-state index < -0.39 is 0 Å². The number of esters is 1. The molecule has 1 aliphatic rings. The van der Waals surface area contributed by atoms with Gasteiger partial charge in [0.05, 0.1) is 21.1 Å². The van der Waals surface area contributed by atoms with E-state index in [4.69, 9.17) is 4.74 Å². The summed E-state index contributed by atoms with van der Waals surface area (Å²) in [5, 5.41) is 0. The molecule has 0 bridgehead atoms. The van der Waals surface area contributed by atoms with Crippen LogP contribution in [-0.4, -0.2) is 43.7 Å². The Balaban J connectivity index is 2.27. The third-order valence-electron chi connectivity index (χ3n) is 5.37. The number of nitrogens with zero attached hydrogens (tertiary/aromatic N) is 1. The van der Waals surface area contributed by atoms with Crippen LogP contribution in [-0.2, 0) is 9.53 Å². The molecule has 0 saturated heterocycles. The number of carbonyl (C=O) groups is 1. The fourth-order valence-electron chi connectivity index (χ4n) is 3.72. The summed E-state index contributed by atoms with van der Waals surface area (Å²) in [6.45, 7) is 2.26. The largest absolute Gasteiger partial charge is 0.458 e. The average molecular weight is 341 g/mol. The van der Waals surface area contributed by atoms with Gasteiger partial charge in [-0.3, -0.25) is 0 Å². The summed E-state index contributed by atoms with van der Waals surface area (Å²) in [5.74, 6) is 0.0392. The molecule has 3 heteroatoms. The summed E-state index contributed by atoms with van der Waals surface area (Å²) >= 11 is 0. The Morgan fingerprint density at radius 3 is 2.00 bits per heavy atom. The van der Waals surface area contributed by atoms with Crippen LogP contribution in [0.5, 0.6) is 0 Å². The predicted octanol–water partition coefficient (Wildman–Crippen LogP) is 5.47. The molecule has 0 radical (unpaired) electrons. The standard InChI is InChI=1S/C21H42NO2/c1-5-6-7-8-9-10-11-15-18-20(22(2,3)4)21(23)24-19-16-13-12-14-17-19/h19-20H,5-18H2,1-4H3/q+1/t20-/m0/s1. The van der Waals surface area contributed by atoms with Gasteiger partial charge in [-0.25, -0.2) is 4.79 Å². The van der Waals surface area contributed by atoms with Gasteiger partial charge in [-0.05, 0) is 32.1 Å². The third kappa shape index (κ3) is 9.05. The van der Waals surface area contributed by atoms with Crippen molar-refractivity contribution in [2.75, 3.05) is 21.1 Å². The van der Waals surface area contributed by atoms with Gasteiger partial charge in [0.1, 0.15) is 6.10 Å². The Labute approximate surface area is 150 Å². The fourth-order valence-corrected chi connectivity index (χ4v) is 3.72. The van der Waals surface area contributed by atoms with Crippen LogP contribution < -0.4 is 0 Å². The Bertz CT molecular complexity index is 329. The van der Waals surface area contributed by atoms with Crippen molar-refractivity contribution in [3.63, 3.8) is 0 Å².